The predicted molar refractivity (Wildman–Crippen MR) is 95.7 cm³/mol. The second kappa shape index (κ2) is 6.79. The van der Waals surface area contributed by atoms with E-state index < -0.39 is 22.6 Å². The molecular weight excluding hydrogens is 401 g/mol. The van der Waals surface area contributed by atoms with Gasteiger partial charge >= 0.3 is 6.18 Å². The van der Waals surface area contributed by atoms with Gasteiger partial charge in [0.15, 0.2) is 5.65 Å². The molecule has 3 rings (SSSR count). The van der Waals surface area contributed by atoms with Crippen molar-refractivity contribution >= 4 is 34.5 Å². The molecule has 0 atom stereocenters. The molecule has 146 valence electrons. The van der Waals surface area contributed by atoms with Crippen molar-refractivity contribution in [3.05, 3.63) is 68.1 Å². The van der Waals surface area contributed by atoms with Gasteiger partial charge in [0, 0.05) is 18.3 Å². The zero-order valence-electron chi connectivity index (χ0n) is 14.5. The zero-order valence-corrected chi connectivity index (χ0v) is 15.2. The lowest BCUT2D eigenvalue weighted by Crippen LogP contribution is -2.17. The minimum Gasteiger partial charge on any atom is -0.320 e. The number of alkyl halides is 3. The maximum absolute atomic E-state index is 13.1. The highest BCUT2D eigenvalue weighted by Crippen LogP contribution is 2.33. The van der Waals surface area contributed by atoms with E-state index in [1.54, 1.807) is 6.92 Å². The summed E-state index contributed by atoms with van der Waals surface area (Å²) in [6.45, 7) is 3.07. The van der Waals surface area contributed by atoms with Gasteiger partial charge in [-0.2, -0.15) is 13.2 Å². The van der Waals surface area contributed by atoms with E-state index in [1.807, 2.05) is 0 Å². The Hall–Kier alpha value is -3.14. The van der Waals surface area contributed by atoms with Gasteiger partial charge < -0.3 is 5.32 Å². The first-order valence-electron chi connectivity index (χ1n) is 7.81. The highest BCUT2D eigenvalue weighted by molar-refractivity contribution is 6.33. The molecule has 0 bridgehead atoms. The second-order valence-electron chi connectivity index (χ2n) is 6.02. The number of benzene rings is 1. The summed E-state index contributed by atoms with van der Waals surface area (Å²) in [4.78, 5) is 27.1. The van der Waals surface area contributed by atoms with Crippen LogP contribution in [0.2, 0.25) is 5.02 Å². The molecule has 2 aromatic heterocycles. The number of nitrogens with zero attached hydrogens (tertiary/aromatic N) is 3. The Balaban J connectivity index is 2.10. The molecule has 3 aromatic rings. The summed E-state index contributed by atoms with van der Waals surface area (Å²) in [6.07, 6.45) is -3.93. The number of non-ortho nitro benzene ring substituents is 1. The predicted octanol–water partition coefficient (Wildman–Crippen LogP) is 4.78. The highest BCUT2D eigenvalue weighted by Gasteiger charge is 2.33. The van der Waals surface area contributed by atoms with Gasteiger partial charge in [0.2, 0.25) is 0 Å². The minimum absolute atomic E-state index is 0.00641. The Labute approximate surface area is 160 Å². The number of nitro groups is 1. The molecule has 1 N–H and O–H groups in total. The van der Waals surface area contributed by atoms with Gasteiger partial charge in [0.05, 0.1) is 26.9 Å². The number of carbonyl (C=O) groups is 1. The topological polar surface area (TPSA) is 89.5 Å². The average molecular weight is 413 g/mol. The molecule has 0 saturated heterocycles. The number of anilines is 1. The monoisotopic (exact) mass is 412 g/mol. The van der Waals surface area contributed by atoms with Crippen molar-refractivity contribution in [1.29, 1.82) is 0 Å². The fourth-order valence-electron chi connectivity index (χ4n) is 2.69. The van der Waals surface area contributed by atoms with Crippen LogP contribution in [0.5, 0.6) is 0 Å². The van der Waals surface area contributed by atoms with Crippen molar-refractivity contribution in [2.24, 2.45) is 0 Å². The first-order valence-corrected chi connectivity index (χ1v) is 8.18. The summed E-state index contributed by atoms with van der Waals surface area (Å²) in [5, 5.41) is 13.2. The Bertz CT molecular complexity index is 1130. The third kappa shape index (κ3) is 3.50. The molecule has 0 unspecified atom stereocenters. The number of amides is 1. The van der Waals surface area contributed by atoms with Crippen LogP contribution >= 0.6 is 11.6 Å². The molecule has 0 aliphatic rings. The number of carbonyl (C=O) groups excluding carboxylic acids is 1. The van der Waals surface area contributed by atoms with Crippen LogP contribution in [0.15, 0.2) is 30.5 Å². The van der Waals surface area contributed by atoms with Gasteiger partial charge in [-0.25, -0.2) is 4.98 Å². The minimum atomic E-state index is -4.67. The number of hydrogen-bond acceptors (Lipinski definition) is 4. The van der Waals surface area contributed by atoms with Crippen LogP contribution in [-0.4, -0.2) is 20.2 Å². The Morgan fingerprint density at radius 3 is 2.57 bits per heavy atom. The van der Waals surface area contributed by atoms with E-state index in [0.29, 0.717) is 5.56 Å². The summed E-state index contributed by atoms with van der Waals surface area (Å²) in [7, 11) is 0. The summed E-state index contributed by atoms with van der Waals surface area (Å²) < 4.78 is 40.3. The van der Waals surface area contributed by atoms with Gasteiger partial charge in [-0.3, -0.25) is 19.3 Å². The Morgan fingerprint density at radius 1 is 1.29 bits per heavy atom. The van der Waals surface area contributed by atoms with E-state index in [-0.39, 0.29) is 33.4 Å². The lowest BCUT2D eigenvalue weighted by atomic mass is 10.1. The SMILES string of the molecule is Cc1ccc([N+](=O)[O-])cc1NC(=O)c1c(C)nc2c(Cl)cc(C(F)(F)F)cn12. The fourth-order valence-corrected chi connectivity index (χ4v) is 2.94. The summed E-state index contributed by atoms with van der Waals surface area (Å²) in [5.74, 6) is -0.774. The van der Waals surface area contributed by atoms with Gasteiger partial charge in [0.1, 0.15) is 5.69 Å². The van der Waals surface area contributed by atoms with Crippen molar-refractivity contribution < 1.29 is 22.9 Å². The molecule has 0 aliphatic carbocycles. The van der Waals surface area contributed by atoms with Crippen LogP contribution in [-0.2, 0) is 6.18 Å². The molecule has 1 amide bonds. The van der Waals surface area contributed by atoms with Gasteiger partial charge in [-0.05, 0) is 25.5 Å². The molecule has 28 heavy (non-hydrogen) atoms. The molecule has 0 fully saturated rings. The van der Waals surface area contributed by atoms with Crippen LogP contribution in [0.25, 0.3) is 5.65 Å². The quantitative estimate of drug-likeness (QED) is 0.495. The first-order chi connectivity index (χ1) is 13.0. The van der Waals surface area contributed by atoms with Gasteiger partial charge in [-0.15, -0.1) is 0 Å². The van der Waals surface area contributed by atoms with Crippen molar-refractivity contribution in [2.45, 2.75) is 20.0 Å². The summed E-state index contributed by atoms with van der Waals surface area (Å²) in [6, 6.07) is 4.63. The number of rotatable bonds is 3. The number of nitrogens with one attached hydrogen (secondary N) is 1. The number of aryl methyl sites for hydroxylation is 2. The normalized spacial score (nSPS) is 11.6. The van der Waals surface area contributed by atoms with Gasteiger partial charge in [-0.1, -0.05) is 17.7 Å². The Morgan fingerprint density at radius 2 is 1.96 bits per heavy atom. The van der Waals surface area contributed by atoms with Crippen molar-refractivity contribution in [2.75, 3.05) is 5.32 Å². The number of fused-ring (bicyclic) bond motifs is 1. The molecular formula is C17H12ClF3N4O3. The van der Waals surface area contributed by atoms with E-state index >= 15 is 0 Å². The van der Waals surface area contributed by atoms with E-state index in [2.05, 4.69) is 10.3 Å². The number of aromatic nitrogens is 2. The van der Waals surface area contributed by atoms with E-state index in [4.69, 9.17) is 11.6 Å². The van der Waals surface area contributed by atoms with E-state index in [1.165, 1.54) is 25.1 Å². The van der Waals surface area contributed by atoms with E-state index in [9.17, 15) is 28.1 Å². The summed E-state index contributed by atoms with van der Waals surface area (Å²) >= 11 is 5.91. The number of imidazole rings is 1. The smallest absolute Gasteiger partial charge is 0.320 e. The van der Waals surface area contributed by atoms with E-state index in [0.717, 1.165) is 16.7 Å². The lowest BCUT2D eigenvalue weighted by molar-refractivity contribution is -0.384. The summed E-state index contributed by atoms with van der Waals surface area (Å²) in [5.41, 5.74) is -0.587. The average Bonchev–Trinajstić information content (AvgIpc) is 2.92. The standard InChI is InChI=1S/C17H12ClF3N4O3/c1-8-3-4-11(25(27)28)6-13(8)23-16(26)14-9(2)22-15-12(18)5-10(7-24(14)15)17(19,20)21/h3-7H,1-2H3,(H,23,26). The van der Waals surface area contributed by atoms with Crippen molar-refractivity contribution in [3.63, 3.8) is 0 Å². The van der Waals surface area contributed by atoms with Crippen LogP contribution < -0.4 is 5.32 Å². The third-order valence-corrected chi connectivity index (χ3v) is 4.35. The van der Waals surface area contributed by atoms with Gasteiger partial charge in [0.25, 0.3) is 11.6 Å². The number of hydrogen-bond donors (Lipinski definition) is 1. The molecule has 7 nitrogen and oxygen atoms in total. The maximum atomic E-state index is 13.1. The van der Waals surface area contributed by atoms with Crippen molar-refractivity contribution in [3.8, 4) is 0 Å². The molecule has 2 heterocycles. The Kier molecular flexibility index (Phi) is 4.76. The number of halogens is 4. The molecule has 0 spiro atoms. The largest absolute Gasteiger partial charge is 0.417 e. The molecule has 1 aromatic carbocycles. The highest BCUT2D eigenvalue weighted by atomic mass is 35.5. The first kappa shape index (κ1) is 19.6. The number of nitro benzene ring substituents is 1. The molecule has 0 radical (unpaired) electrons. The molecule has 0 saturated carbocycles. The fraction of sp³-hybridized carbons (Fsp3) is 0.176. The molecule has 11 heteroatoms. The lowest BCUT2D eigenvalue weighted by Gasteiger charge is -2.11. The van der Waals surface area contributed by atoms with Crippen LogP contribution in [0.4, 0.5) is 24.5 Å². The molecule has 0 aliphatic heterocycles. The third-order valence-electron chi connectivity index (χ3n) is 4.07. The second-order valence-corrected chi connectivity index (χ2v) is 6.43. The maximum Gasteiger partial charge on any atom is 0.417 e. The van der Waals surface area contributed by atoms with Crippen LogP contribution in [0.3, 0.4) is 0 Å². The zero-order chi connectivity index (χ0) is 20.8. The van der Waals surface area contributed by atoms with Crippen molar-refractivity contribution in [1.82, 2.24) is 9.38 Å². The number of pyridine rings is 1. The van der Waals surface area contributed by atoms with Crippen LogP contribution in [0.1, 0.15) is 27.3 Å². The van der Waals surface area contributed by atoms with Crippen LogP contribution in [0, 0.1) is 24.0 Å².